The first kappa shape index (κ1) is 15.3. The van der Waals surface area contributed by atoms with Crippen LogP contribution in [-0.2, 0) is 11.0 Å². The van der Waals surface area contributed by atoms with E-state index in [0.29, 0.717) is 6.54 Å². The molecule has 0 aromatic heterocycles. The molecule has 2 aliphatic rings. The molecule has 22 heavy (non-hydrogen) atoms. The second-order valence-corrected chi connectivity index (χ2v) is 6.13. The molecule has 0 spiro atoms. The van der Waals surface area contributed by atoms with E-state index in [-0.39, 0.29) is 23.8 Å². The molecule has 2 N–H and O–H groups in total. The molecular weight excluding hydrogens is 293 g/mol. The lowest BCUT2D eigenvalue weighted by Gasteiger charge is -2.23. The Hall–Kier alpha value is -1.56. The van der Waals surface area contributed by atoms with Gasteiger partial charge in [0.25, 0.3) is 0 Å². The molecule has 1 aliphatic heterocycles. The Morgan fingerprint density at radius 3 is 2.55 bits per heavy atom. The van der Waals surface area contributed by atoms with Crippen LogP contribution in [0, 0.1) is 5.92 Å². The summed E-state index contributed by atoms with van der Waals surface area (Å²) in [5, 5.41) is 0. The number of alkyl halides is 3. The van der Waals surface area contributed by atoms with Crippen molar-refractivity contribution in [3.8, 4) is 0 Å². The lowest BCUT2D eigenvalue weighted by atomic mass is 10.1. The molecule has 3 rings (SSSR count). The maximum Gasteiger partial charge on any atom is 0.416 e. The Kier molecular flexibility index (Phi) is 3.89. The van der Waals surface area contributed by atoms with Gasteiger partial charge in [-0.2, -0.15) is 13.2 Å². The minimum Gasteiger partial charge on any atom is -0.338 e. The fourth-order valence-corrected chi connectivity index (χ4v) is 3.34. The average Bonchev–Trinajstić information content (AvgIpc) is 3.15. The number of amides is 1. The van der Waals surface area contributed by atoms with Gasteiger partial charge in [-0.1, -0.05) is 12.1 Å². The Labute approximate surface area is 127 Å². The summed E-state index contributed by atoms with van der Waals surface area (Å²) in [7, 11) is 0. The van der Waals surface area contributed by atoms with Crippen LogP contribution in [0.5, 0.6) is 0 Å². The molecule has 120 valence electrons. The molecule has 0 bridgehead atoms. The van der Waals surface area contributed by atoms with Gasteiger partial charge in [0.05, 0.1) is 5.56 Å². The monoisotopic (exact) mass is 312 g/mol. The molecule has 3 atom stereocenters. The molecule has 1 amide bonds. The normalized spacial score (nSPS) is 28.0. The molecular formula is C16H19F3N2O. The van der Waals surface area contributed by atoms with Crippen LogP contribution in [0.4, 0.5) is 13.2 Å². The molecule has 1 aromatic rings. The van der Waals surface area contributed by atoms with Crippen LogP contribution < -0.4 is 5.73 Å². The highest BCUT2D eigenvalue weighted by Gasteiger charge is 2.47. The van der Waals surface area contributed by atoms with E-state index in [1.165, 1.54) is 12.1 Å². The van der Waals surface area contributed by atoms with Gasteiger partial charge < -0.3 is 10.6 Å². The van der Waals surface area contributed by atoms with E-state index in [2.05, 4.69) is 0 Å². The predicted molar refractivity (Wildman–Crippen MR) is 76.1 cm³/mol. The number of carbonyl (C=O) groups excluding carboxylic acids is 1. The van der Waals surface area contributed by atoms with E-state index >= 15 is 0 Å². The van der Waals surface area contributed by atoms with Gasteiger partial charge in [-0.25, -0.2) is 0 Å². The van der Waals surface area contributed by atoms with E-state index in [4.69, 9.17) is 5.73 Å². The second kappa shape index (κ2) is 5.57. The number of halogens is 3. The van der Waals surface area contributed by atoms with E-state index in [1.807, 2.05) is 4.90 Å². The van der Waals surface area contributed by atoms with E-state index < -0.39 is 11.7 Å². The highest BCUT2D eigenvalue weighted by atomic mass is 19.4. The molecule has 1 saturated heterocycles. The summed E-state index contributed by atoms with van der Waals surface area (Å²) in [6.07, 6.45) is -1.68. The number of nitrogens with zero attached hydrogens (tertiary/aromatic N) is 1. The zero-order valence-corrected chi connectivity index (χ0v) is 12.1. The van der Waals surface area contributed by atoms with Crippen LogP contribution >= 0.6 is 0 Å². The summed E-state index contributed by atoms with van der Waals surface area (Å²) in [6.45, 7) is 1.22. The summed E-state index contributed by atoms with van der Waals surface area (Å²) in [6, 6.07) is 5.29. The Balaban J connectivity index is 1.65. The maximum atomic E-state index is 12.6. The van der Waals surface area contributed by atoms with Crippen molar-refractivity contribution in [2.24, 2.45) is 11.7 Å². The zero-order valence-electron chi connectivity index (χ0n) is 12.1. The van der Waals surface area contributed by atoms with Crippen LogP contribution in [0.25, 0.3) is 0 Å². The van der Waals surface area contributed by atoms with Gasteiger partial charge in [0.2, 0.25) is 5.91 Å². The number of likely N-dealkylation sites (tertiary alicyclic amines) is 1. The molecule has 1 aromatic carbocycles. The number of nitrogens with two attached hydrogens (primary N) is 1. The van der Waals surface area contributed by atoms with Crippen molar-refractivity contribution in [1.82, 2.24) is 4.90 Å². The van der Waals surface area contributed by atoms with Crippen LogP contribution in [0.15, 0.2) is 24.3 Å². The Morgan fingerprint density at radius 1 is 1.27 bits per heavy atom. The first-order chi connectivity index (χ1) is 10.4. The quantitative estimate of drug-likeness (QED) is 0.933. The number of hydrogen-bond acceptors (Lipinski definition) is 2. The van der Waals surface area contributed by atoms with Gasteiger partial charge in [-0.15, -0.1) is 0 Å². The van der Waals surface area contributed by atoms with Gasteiger partial charge in [0.15, 0.2) is 0 Å². The largest absolute Gasteiger partial charge is 0.416 e. The SMILES string of the molecule is NC[C@@H]1CCCN1C(=O)[C@H]1C[C@H]1c1ccc(C(F)(F)F)cc1. The van der Waals surface area contributed by atoms with Crippen molar-refractivity contribution in [3.05, 3.63) is 35.4 Å². The van der Waals surface area contributed by atoms with Crippen molar-refractivity contribution in [1.29, 1.82) is 0 Å². The van der Waals surface area contributed by atoms with E-state index in [1.54, 1.807) is 0 Å². The Morgan fingerprint density at radius 2 is 1.95 bits per heavy atom. The topological polar surface area (TPSA) is 46.3 Å². The molecule has 0 unspecified atom stereocenters. The molecule has 1 heterocycles. The van der Waals surface area contributed by atoms with Gasteiger partial charge in [-0.05, 0) is 42.9 Å². The van der Waals surface area contributed by atoms with Gasteiger partial charge >= 0.3 is 6.18 Å². The van der Waals surface area contributed by atoms with Crippen molar-refractivity contribution in [2.75, 3.05) is 13.1 Å². The van der Waals surface area contributed by atoms with E-state index in [0.717, 1.165) is 43.5 Å². The van der Waals surface area contributed by atoms with Crippen molar-refractivity contribution in [3.63, 3.8) is 0 Å². The number of hydrogen-bond donors (Lipinski definition) is 1. The zero-order chi connectivity index (χ0) is 15.9. The average molecular weight is 312 g/mol. The second-order valence-electron chi connectivity index (χ2n) is 6.13. The summed E-state index contributed by atoms with van der Waals surface area (Å²) < 4.78 is 37.7. The van der Waals surface area contributed by atoms with Crippen molar-refractivity contribution < 1.29 is 18.0 Å². The number of benzene rings is 1. The van der Waals surface area contributed by atoms with Crippen LogP contribution in [0.3, 0.4) is 0 Å². The fraction of sp³-hybridized carbons (Fsp3) is 0.562. The highest BCUT2D eigenvalue weighted by Crippen LogP contribution is 2.49. The van der Waals surface area contributed by atoms with Crippen LogP contribution in [0.1, 0.15) is 36.3 Å². The standard InChI is InChI=1S/C16H19F3N2O/c17-16(18,19)11-5-3-10(4-6-11)13-8-14(13)15(22)21-7-1-2-12(21)9-20/h3-6,12-14H,1-2,7-9,20H2/t12-,13-,14-/m0/s1. The Bertz CT molecular complexity index is 556. The molecule has 1 saturated carbocycles. The third kappa shape index (κ3) is 2.84. The minimum atomic E-state index is -4.32. The summed E-state index contributed by atoms with van der Waals surface area (Å²) in [5.74, 6) is 0.0653. The van der Waals surface area contributed by atoms with Gasteiger partial charge in [-0.3, -0.25) is 4.79 Å². The van der Waals surface area contributed by atoms with Crippen molar-refractivity contribution >= 4 is 5.91 Å². The molecule has 1 aliphatic carbocycles. The summed E-state index contributed by atoms with van der Waals surface area (Å²) >= 11 is 0. The minimum absolute atomic E-state index is 0.0498. The number of rotatable bonds is 3. The first-order valence-electron chi connectivity index (χ1n) is 7.59. The number of carbonyl (C=O) groups is 1. The lowest BCUT2D eigenvalue weighted by molar-refractivity contribution is -0.137. The molecule has 0 radical (unpaired) electrons. The van der Waals surface area contributed by atoms with Gasteiger partial charge in [0.1, 0.15) is 0 Å². The van der Waals surface area contributed by atoms with Crippen LogP contribution in [-0.4, -0.2) is 29.9 Å². The third-order valence-electron chi connectivity index (χ3n) is 4.71. The first-order valence-corrected chi connectivity index (χ1v) is 7.59. The van der Waals surface area contributed by atoms with Gasteiger partial charge in [0, 0.05) is 25.0 Å². The highest BCUT2D eigenvalue weighted by molar-refractivity contribution is 5.83. The molecule has 2 fully saturated rings. The van der Waals surface area contributed by atoms with E-state index in [9.17, 15) is 18.0 Å². The smallest absolute Gasteiger partial charge is 0.338 e. The predicted octanol–water partition coefficient (Wildman–Crippen LogP) is 2.76. The van der Waals surface area contributed by atoms with Crippen LogP contribution in [0.2, 0.25) is 0 Å². The fourth-order valence-electron chi connectivity index (χ4n) is 3.34. The summed E-state index contributed by atoms with van der Waals surface area (Å²) in [5.41, 5.74) is 5.85. The molecule has 3 nitrogen and oxygen atoms in total. The molecule has 6 heteroatoms. The summed E-state index contributed by atoms with van der Waals surface area (Å²) in [4.78, 5) is 14.3. The maximum absolute atomic E-state index is 12.6. The lowest BCUT2D eigenvalue weighted by Crippen LogP contribution is -2.40. The van der Waals surface area contributed by atoms with Crippen molar-refractivity contribution in [2.45, 2.75) is 37.4 Å². The third-order valence-corrected chi connectivity index (χ3v) is 4.71.